The van der Waals surface area contributed by atoms with Crippen molar-refractivity contribution in [3.63, 3.8) is 0 Å². The maximum Gasteiger partial charge on any atom is 0.430 e. The van der Waals surface area contributed by atoms with E-state index in [1.807, 2.05) is 0 Å². The van der Waals surface area contributed by atoms with Crippen molar-refractivity contribution in [3.8, 4) is 0 Å². The van der Waals surface area contributed by atoms with Crippen molar-refractivity contribution in [3.05, 3.63) is 65.2 Å². The smallest absolute Gasteiger partial charge is 0.369 e. The van der Waals surface area contributed by atoms with Gasteiger partial charge < -0.3 is 5.11 Å². The van der Waals surface area contributed by atoms with Gasteiger partial charge in [-0.3, -0.25) is 9.59 Å². The van der Waals surface area contributed by atoms with Crippen molar-refractivity contribution in [2.45, 2.75) is 18.0 Å². The van der Waals surface area contributed by atoms with Gasteiger partial charge in [-0.2, -0.15) is 26.3 Å². The Morgan fingerprint density at radius 2 is 1.11 bits per heavy atom. The highest BCUT2D eigenvalue weighted by molar-refractivity contribution is 6.34. The van der Waals surface area contributed by atoms with Gasteiger partial charge in [-0.15, -0.1) is 0 Å². The first kappa shape index (κ1) is 18.9. The summed E-state index contributed by atoms with van der Waals surface area (Å²) in [6.45, 7) is 0. The first-order chi connectivity index (χ1) is 12.4. The van der Waals surface area contributed by atoms with Gasteiger partial charge in [0.25, 0.3) is 17.4 Å². The van der Waals surface area contributed by atoms with Crippen molar-refractivity contribution in [1.29, 1.82) is 0 Å². The molecule has 0 bridgehead atoms. The van der Waals surface area contributed by atoms with Crippen molar-refractivity contribution in [1.82, 2.24) is 0 Å². The minimum atomic E-state index is -6.03. The number of imide groups is 1. The van der Waals surface area contributed by atoms with E-state index in [0.717, 1.165) is 12.1 Å². The van der Waals surface area contributed by atoms with Gasteiger partial charge in [0.2, 0.25) is 0 Å². The fourth-order valence-electron chi connectivity index (χ4n) is 2.76. The number of hydrogen-bond donors (Lipinski definition) is 1. The van der Waals surface area contributed by atoms with Crippen LogP contribution >= 0.6 is 0 Å². The molecule has 1 aliphatic rings. The van der Waals surface area contributed by atoms with E-state index in [1.165, 1.54) is 24.3 Å². The normalized spacial score (nSPS) is 15.3. The molecule has 1 heterocycles. The summed E-state index contributed by atoms with van der Waals surface area (Å²) in [6, 6.07) is 7.97. The zero-order chi connectivity index (χ0) is 20.2. The highest BCUT2D eigenvalue weighted by Gasteiger charge is 2.71. The van der Waals surface area contributed by atoms with Crippen LogP contribution in [0.3, 0.4) is 0 Å². The van der Waals surface area contributed by atoms with Gasteiger partial charge in [0.05, 0.1) is 16.8 Å². The summed E-state index contributed by atoms with van der Waals surface area (Å²) in [4.78, 5) is 25.2. The quantitative estimate of drug-likeness (QED) is 0.628. The van der Waals surface area contributed by atoms with E-state index >= 15 is 0 Å². The minimum absolute atomic E-state index is 0.0636. The molecule has 0 spiro atoms. The number of hydrogen-bond acceptors (Lipinski definition) is 3. The molecule has 0 fully saturated rings. The number of aliphatic hydroxyl groups is 1. The van der Waals surface area contributed by atoms with Crippen LogP contribution in [0.25, 0.3) is 0 Å². The molecule has 0 aliphatic carbocycles. The maximum absolute atomic E-state index is 12.9. The van der Waals surface area contributed by atoms with Crippen LogP contribution in [-0.4, -0.2) is 29.3 Å². The standard InChI is InChI=1S/C17H9F6NO3/c18-16(19,20)15(27,17(21,22)23)9-5-7-10(8-6-9)24-13(25)11-3-1-2-4-12(11)14(24)26/h1-8,27H. The molecular weight excluding hydrogens is 380 g/mol. The zero-order valence-electron chi connectivity index (χ0n) is 13.1. The molecule has 0 saturated heterocycles. The summed E-state index contributed by atoms with van der Waals surface area (Å²) in [5.41, 5.74) is -6.66. The third kappa shape index (κ3) is 2.67. The van der Waals surface area contributed by atoms with Crippen LogP contribution in [0.2, 0.25) is 0 Å². The molecule has 2 aromatic carbocycles. The second-order valence-corrected chi connectivity index (χ2v) is 5.74. The lowest BCUT2D eigenvalue weighted by atomic mass is 9.92. The van der Waals surface area contributed by atoms with E-state index in [2.05, 4.69) is 0 Å². The fourth-order valence-corrected chi connectivity index (χ4v) is 2.76. The minimum Gasteiger partial charge on any atom is -0.369 e. The number of rotatable bonds is 2. The van der Waals surface area contributed by atoms with Crippen molar-refractivity contribution in [2.75, 3.05) is 4.90 Å². The predicted molar refractivity (Wildman–Crippen MR) is 80.0 cm³/mol. The molecule has 1 N–H and O–H groups in total. The van der Waals surface area contributed by atoms with Gasteiger partial charge in [-0.1, -0.05) is 24.3 Å². The predicted octanol–water partition coefficient (Wildman–Crippen LogP) is 3.80. The average Bonchev–Trinajstić information content (AvgIpc) is 2.84. The Morgan fingerprint density at radius 3 is 1.48 bits per heavy atom. The summed E-state index contributed by atoms with van der Waals surface area (Å²) in [5, 5.41) is 9.36. The van der Waals surface area contributed by atoms with Crippen LogP contribution in [0.4, 0.5) is 32.0 Å². The van der Waals surface area contributed by atoms with Crippen LogP contribution in [0.1, 0.15) is 26.3 Å². The first-order valence-electron chi connectivity index (χ1n) is 7.34. The number of fused-ring (bicyclic) bond motifs is 1. The van der Waals surface area contributed by atoms with Crippen LogP contribution in [-0.2, 0) is 5.60 Å². The molecule has 2 amide bonds. The molecule has 0 radical (unpaired) electrons. The number of carbonyl (C=O) groups is 2. The highest BCUT2D eigenvalue weighted by Crippen LogP contribution is 2.50. The molecular formula is C17H9F6NO3. The van der Waals surface area contributed by atoms with E-state index in [4.69, 9.17) is 0 Å². The molecule has 27 heavy (non-hydrogen) atoms. The monoisotopic (exact) mass is 389 g/mol. The molecule has 2 aromatic rings. The molecule has 0 atom stereocenters. The Balaban J connectivity index is 2.02. The second-order valence-electron chi connectivity index (χ2n) is 5.74. The Bertz CT molecular complexity index is 869. The second kappa shape index (κ2) is 5.81. The van der Waals surface area contributed by atoms with E-state index in [1.54, 1.807) is 0 Å². The van der Waals surface area contributed by atoms with E-state index in [0.29, 0.717) is 17.0 Å². The van der Waals surface area contributed by atoms with Crippen molar-refractivity contribution >= 4 is 17.5 Å². The summed E-state index contributed by atoms with van der Waals surface area (Å²) in [5.74, 6) is -1.52. The topological polar surface area (TPSA) is 57.6 Å². The van der Waals surface area contributed by atoms with Crippen LogP contribution < -0.4 is 4.90 Å². The largest absolute Gasteiger partial charge is 0.430 e. The van der Waals surface area contributed by atoms with Crippen LogP contribution in [0, 0.1) is 0 Å². The van der Waals surface area contributed by atoms with Crippen LogP contribution in [0.15, 0.2) is 48.5 Å². The van der Waals surface area contributed by atoms with Gasteiger partial charge in [0, 0.05) is 5.56 Å². The number of carbonyl (C=O) groups excluding carboxylic acids is 2. The van der Waals surface area contributed by atoms with Gasteiger partial charge in [-0.05, 0) is 24.3 Å². The maximum atomic E-state index is 12.9. The number of anilines is 1. The van der Waals surface area contributed by atoms with Crippen molar-refractivity contribution in [2.24, 2.45) is 0 Å². The summed E-state index contributed by atoms with van der Waals surface area (Å²) < 4.78 is 77.4. The van der Waals surface area contributed by atoms with Gasteiger partial charge in [0.1, 0.15) is 0 Å². The van der Waals surface area contributed by atoms with Crippen molar-refractivity contribution < 1.29 is 41.0 Å². The van der Waals surface area contributed by atoms with Gasteiger partial charge in [0.15, 0.2) is 0 Å². The van der Waals surface area contributed by atoms with Crippen LogP contribution in [0.5, 0.6) is 0 Å². The number of alkyl halides is 6. The number of benzene rings is 2. The third-order valence-corrected chi connectivity index (χ3v) is 4.16. The summed E-state index contributed by atoms with van der Waals surface area (Å²) >= 11 is 0. The van der Waals surface area contributed by atoms with E-state index in [9.17, 15) is 41.0 Å². The Labute approximate surface area is 147 Å². The Hall–Kier alpha value is -2.88. The van der Waals surface area contributed by atoms with E-state index < -0.39 is 35.3 Å². The summed E-state index contributed by atoms with van der Waals surface area (Å²) in [7, 11) is 0. The average molecular weight is 389 g/mol. The van der Waals surface area contributed by atoms with Gasteiger partial charge in [-0.25, -0.2) is 4.90 Å². The Morgan fingerprint density at radius 1 is 0.704 bits per heavy atom. The zero-order valence-corrected chi connectivity index (χ0v) is 13.1. The fraction of sp³-hybridized carbons (Fsp3) is 0.176. The first-order valence-corrected chi connectivity index (χ1v) is 7.34. The molecule has 0 aromatic heterocycles. The lowest BCUT2D eigenvalue weighted by Crippen LogP contribution is -2.53. The summed E-state index contributed by atoms with van der Waals surface area (Å²) in [6.07, 6.45) is -12.1. The molecule has 0 saturated carbocycles. The number of amides is 2. The SMILES string of the molecule is O=C1c2ccccc2C(=O)N1c1ccc(C(O)(C(F)(F)F)C(F)(F)F)cc1. The lowest BCUT2D eigenvalue weighted by molar-refractivity contribution is -0.376. The molecule has 10 heteroatoms. The lowest BCUT2D eigenvalue weighted by Gasteiger charge is -2.32. The molecule has 0 unspecified atom stereocenters. The van der Waals surface area contributed by atoms with Gasteiger partial charge >= 0.3 is 12.4 Å². The number of halogens is 6. The molecule has 4 nitrogen and oxygen atoms in total. The highest BCUT2D eigenvalue weighted by atomic mass is 19.4. The van der Waals surface area contributed by atoms with E-state index in [-0.39, 0.29) is 16.8 Å². The Kier molecular flexibility index (Phi) is 4.07. The molecule has 3 rings (SSSR count). The molecule has 1 aliphatic heterocycles. The third-order valence-electron chi connectivity index (χ3n) is 4.16. The number of nitrogens with zero attached hydrogens (tertiary/aromatic N) is 1. The molecule has 142 valence electrons.